The van der Waals surface area contributed by atoms with Crippen LogP contribution < -0.4 is 10.1 Å². The van der Waals surface area contributed by atoms with Gasteiger partial charge in [-0.05, 0) is 43.2 Å². The third kappa shape index (κ3) is 5.86. The maximum Gasteiger partial charge on any atom is 0.410 e. The van der Waals surface area contributed by atoms with Gasteiger partial charge in [-0.2, -0.15) is 5.26 Å². The summed E-state index contributed by atoms with van der Waals surface area (Å²) < 4.78 is 11.0. The summed E-state index contributed by atoms with van der Waals surface area (Å²) in [5.41, 5.74) is 2.77. The average Bonchev–Trinajstić information content (AvgIpc) is 3.23. The number of carbonyl (C=O) groups is 2. The SMILES string of the molecule is CCOc1ccccc1C=CC(=O)Nc1sc2c(c1C#N)CCN(C(=O)OCc1ccccn1)C2. The van der Waals surface area contributed by atoms with E-state index >= 15 is 0 Å². The van der Waals surface area contributed by atoms with Gasteiger partial charge < -0.3 is 19.7 Å². The number of thiophene rings is 1. The van der Waals surface area contributed by atoms with E-state index in [1.54, 1.807) is 29.3 Å². The molecule has 0 unspecified atom stereocenters. The molecule has 0 radical (unpaired) electrons. The van der Waals surface area contributed by atoms with E-state index in [2.05, 4.69) is 16.4 Å². The molecule has 4 rings (SSSR count). The van der Waals surface area contributed by atoms with Crippen LogP contribution in [0.25, 0.3) is 6.08 Å². The number of nitrogens with one attached hydrogen (secondary N) is 1. The quantitative estimate of drug-likeness (QED) is 0.481. The Morgan fingerprint density at radius 2 is 2.09 bits per heavy atom. The Bertz CT molecular complexity index is 1280. The summed E-state index contributed by atoms with van der Waals surface area (Å²) in [7, 11) is 0. The lowest BCUT2D eigenvalue weighted by Crippen LogP contribution is -2.35. The largest absolute Gasteiger partial charge is 0.493 e. The van der Waals surface area contributed by atoms with Gasteiger partial charge in [-0.1, -0.05) is 24.3 Å². The average molecular weight is 489 g/mol. The van der Waals surface area contributed by atoms with E-state index in [0.29, 0.717) is 48.1 Å². The van der Waals surface area contributed by atoms with Gasteiger partial charge in [0.15, 0.2) is 0 Å². The number of carbonyl (C=O) groups excluding carboxylic acids is 2. The third-order valence-electron chi connectivity index (χ3n) is 5.37. The molecule has 3 aromatic rings. The van der Waals surface area contributed by atoms with Crippen molar-refractivity contribution in [2.75, 3.05) is 18.5 Å². The maximum atomic E-state index is 12.6. The highest BCUT2D eigenvalue weighted by molar-refractivity contribution is 7.16. The van der Waals surface area contributed by atoms with Crippen molar-refractivity contribution in [2.45, 2.75) is 26.5 Å². The molecule has 0 bridgehead atoms. The Balaban J connectivity index is 1.41. The van der Waals surface area contributed by atoms with Crippen LogP contribution in [-0.4, -0.2) is 35.0 Å². The molecule has 0 spiro atoms. The lowest BCUT2D eigenvalue weighted by Gasteiger charge is -2.26. The van der Waals surface area contributed by atoms with Crippen molar-refractivity contribution in [1.29, 1.82) is 5.26 Å². The van der Waals surface area contributed by atoms with Gasteiger partial charge >= 0.3 is 6.09 Å². The number of para-hydroxylation sites is 1. The molecule has 0 atom stereocenters. The summed E-state index contributed by atoms with van der Waals surface area (Å²) in [5, 5.41) is 13.0. The molecule has 0 saturated carbocycles. The second kappa shape index (κ2) is 11.3. The van der Waals surface area contributed by atoms with E-state index in [9.17, 15) is 14.9 Å². The molecule has 9 heteroatoms. The van der Waals surface area contributed by atoms with Crippen LogP contribution in [0.15, 0.2) is 54.7 Å². The topological polar surface area (TPSA) is 105 Å². The molecule has 0 aliphatic carbocycles. The second-order valence-corrected chi connectivity index (χ2v) is 8.77. The lowest BCUT2D eigenvalue weighted by molar-refractivity contribution is -0.111. The second-order valence-electron chi connectivity index (χ2n) is 7.66. The van der Waals surface area contributed by atoms with Crippen LogP contribution in [0.5, 0.6) is 5.75 Å². The van der Waals surface area contributed by atoms with E-state index in [1.165, 1.54) is 17.4 Å². The van der Waals surface area contributed by atoms with Gasteiger partial charge in [0.25, 0.3) is 0 Å². The molecule has 1 aliphatic heterocycles. The van der Waals surface area contributed by atoms with Crippen molar-refractivity contribution in [2.24, 2.45) is 0 Å². The standard InChI is InChI=1S/C26H24N4O4S/c1-2-33-22-9-4-3-7-18(22)10-11-24(31)29-25-21(15-27)20-12-14-30(16-23(20)35-25)26(32)34-17-19-8-5-6-13-28-19/h3-11,13H,2,12,14,16-17H2,1H3,(H,29,31). The number of hydrogen-bond donors (Lipinski definition) is 1. The molecule has 1 N–H and O–H groups in total. The van der Waals surface area contributed by atoms with Gasteiger partial charge in [-0.25, -0.2) is 4.79 Å². The number of ether oxygens (including phenoxy) is 2. The molecule has 1 aromatic carbocycles. The zero-order valence-corrected chi connectivity index (χ0v) is 20.0. The van der Waals surface area contributed by atoms with Crippen LogP contribution in [0.2, 0.25) is 0 Å². The van der Waals surface area contributed by atoms with Gasteiger partial charge in [0, 0.05) is 29.3 Å². The summed E-state index contributed by atoms with van der Waals surface area (Å²) in [4.78, 5) is 31.7. The molecule has 178 valence electrons. The maximum absolute atomic E-state index is 12.6. The normalized spacial score (nSPS) is 12.6. The highest BCUT2D eigenvalue weighted by Gasteiger charge is 2.28. The van der Waals surface area contributed by atoms with E-state index in [-0.39, 0.29) is 12.5 Å². The van der Waals surface area contributed by atoms with Crippen molar-refractivity contribution >= 4 is 34.4 Å². The molecule has 3 heterocycles. The van der Waals surface area contributed by atoms with Crippen LogP contribution >= 0.6 is 11.3 Å². The predicted octanol–water partition coefficient (Wildman–Crippen LogP) is 4.76. The minimum atomic E-state index is -0.435. The van der Waals surface area contributed by atoms with Crippen molar-refractivity contribution in [3.63, 3.8) is 0 Å². The van der Waals surface area contributed by atoms with Gasteiger partial charge in [0.1, 0.15) is 23.4 Å². The number of hydrogen-bond acceptors (Lipinski definition) is 7. The first kappa shape index (κ1) is 24.0. The van der Waals surface area contributed by atoms with Gasteiger partial charge in [0.05, 0.1) is 24.4 Å². The van der Waals surface area contributed by atoms with Crippen LogP contribution in [-0.2, 0) is 29.1 Å². The summed E-state index contributed by atoms with van der Waals surface area (Å²) >= 11 is 1.31. The van der Waals surface area contributed by atoms with E-state index in [1.807, 2.05) is 37.3 Å². The zero-order valence-electron chi connectivity index (χ0n) is 19.2. The predicted molar refractivity (Wildman–Crippen MR) is 133 cm³/mol. The van der Waals surface area contributed by atoms with E-state index in [0.717, 1.165) is 16.0 Å². The van der Waals surface area contributed by atoms with E-state index < -0.39 is 6.09 Å². The highest BCUT2D eigenvalue weighted by atomic mass is 32.1. The minimum absolute atomic E-state index is 0.0942. The summed E-state index contributed by atoms with van der Waals surface area (Å²) in [6.07, 6.45) is 4.82. The highest BCUT2D eigenvalue weighted by Crippen LogP contribution is 2.37. The first-order valence-electron chi connectivity index (χ1n) is 11.2. The minimum Gasteiger partial charge on any atom is -0.493 e. The first-order chi connectivity index (χ1) is 17.1. The Labute approximate surface area is 207 Å². The first-order valence-corrected chi connectivity index (χ1v) is 12.0. The molecule has 2 amide bonds. The molecule has 0 fully saturated rings. The molecular formula is C26H24N4O4S. The Morgan fingerprint density at radius 1 is 1.26 bits per heavy atom. The fourth-order valence-electron chi connectivity index (χ4n) is 3.70. The number of anilines is 1. The van der Waals surface area contributed by atoms with Gasteiger partial charge in [-0.15, -0.1) is 11.3 Å². The number of rotatable bonds is 7. The van der Waals surface area contributed by atoms with Crippen molar-refractivity contribution in [3.05, 3.63) is 82.0 Å². The lowest BCUT2D eigenvalue weighted by atomic mass is 10.0. The Kier molecular flexibility index (Phi) is 7.75. The molecule has 1 aliphatic rings. The summed E-state index contributed by atoms with van der Waals surface area (Å²) in [5.74, 6) is 0.344. The molecule has 0 saturated heterocycles. The number of aromatic nitrogens is 1. The Hall–Kier alpha value is -4.16. The van der Waals surface area contributed by atoms with Gasteiger partial charge in [-0.3, -0.25) is 9.78 Å². The fourth-order valence-corrected chi connectivity index (χ4v) is 4.92. The van der Waals surface area contributed by atoms with Crippen LogP contribution in [0.3, 0.4) is 0 Å². The van der Waals surface area contributed by atoms with E-state index in [4.69, 9.17) is 9.47 Å². The zero-order chi connectivity index (χ0) is 24.6. The van der Waals surface area contributed by atoms with Gasteiger partial charge in [0.2, 0.25) is 5.91 Å². The van der Waals surface area contributed by atoms with Crippen molar-refractivity contribution in [1.82, 2.24) is 9.88 Å². The monoisotopic (exact) mass is 488 g/mol. The number of nitriles is 1. The number of nitrogens with zero attached hydrogens (tertiary/aromatic N) is 3. The van der Waals surface area contributed by atoms with Crippen LogP contribution in [0.4, 0.5) is 9.80 Å². The van der Waals surface area contributed by atoms with Crippen LogP contribution in [0, 0.1) is 11.3 Å². The number of pyridine rings is 1. The molecule has 35 heavy (non-hydrogen) atoms. The molecule has 8 nitrogen and oxygen atoms in total. The number of amides is 2. The number of fused-ring (bicyclic) bond motifs is 1. The molecular weight excluding hydrogens is 464 g/mol. The molecule has 2 aromatic heterocycles. The third-order valence-corrected chi connectivity index (χ3v) is 6.50. The van der Waals surface area contributed by atoms with Crippen LogP contribution in [0.1, 0.15) is 34.2 Å². The summed E-state index contributed by atoms with van der Waals surface area (Å²) in [6, 6.07) is 15.1. The number of benzene rings is 1. The fraction of sp³-hybridized carbons (Fsp3) is 0.231. The van der Waals surface area contributed by atoms with Crippen molar-refractivity contribution < 1.29 is 19.1 Å². The van der Waals surface area contributed by atoms with Crippen molar-refractivity contribution in [3.8, 4) is 11.8 Å². The Morgan fingerprint density at radius 3 is 2.86 bits per heavy atom. The summed E-state index contributed by atoms with van der Waals surface area (Å²) in [6.45, 7) is 3.27. The smallest absolute Gasteiger partial charge is 0.410 e.